The maximum absolute atomic E-state index is 13.0. The van der Waals surface area contributed by atoms with E-state index in [1.807, 2.05) is 0 Å². The number of amides is 3. The van der Waals surface area contributed by atoms with Crippen molar-refractivity contribution >= 4 is 44.9 Å². The van der Waals surface area contributed by atoms with E-state index >= 15 is 0 Å². The number of aromatic nitrogens is 1. The van der Waals surface area contributed by atoms with Gasteiger partial charge in [0.05, 0.1) is 33.0 Å². The van der Waals surface area contributed by atoms with Crippen LogP contribution in [0, 0.1) is 0 Å². The van der Waals surface area contributed by atoms with E-state index in [4.69, 9.17) is 5.84 Å². The first-order valence-electron chi connectivity index (χ1n) is 11.5. The molecule has 1 aromatic heterocycles. The predicted molar refractivity (Wildman–Crippen MR) is 141 cm³/mol. The number of fused-ring (bicyclic) bond motifs is 1. The lowest BCUT2D eigenvalue weighted by atomic mass is 10.1. The summed E-state index contributed by atoms with van der Waals surface area (Å²) in [5.74, 6) is 2.93. The summed E-state index contributed by atoms with van der Waals surface area (Å²) in [7, 11) is -3.88. The zero-order chi connectivity index (χ0) is 28.4. The maximum atomic E-state index is 13.0. The molecule has 0 radical (unpaired) electrons. The largest absolute Gasteiger partial charge is 0.507 e. The second kappa shape index (κ2) is 10.4. The number of sulfonamides is 1. The third-order valence-electron chi connectivity index (χ3n) is 5.74. The average molecular weight is 558 g/mol. The number of carbonyl (C=O) groups excluding carboxylic acids is 3. The van der Waals surface area contributed by atoms with Crippen molar-refractivity contribution in [1.82, 2.24) is 15.1 Å². The molecule has 14 heteroatoms. The van der Waals surface area contributed by atoms with Crippen molar-refractivity contribution in [3.05, 3.63) is 108 Å². The number of phenols is 1. The van der Waals surface area contributed by atoms with E-state index in [0.29, 0.717) is 15.8 Å². The van der Waals surface area contributed by atoms with Crippen LogP contribution in [-0.4, -0.2) is 46.4 Å². The van der Waals surface area contributed by atoms with Crippen LogP contribution in [-0.2, 0) is 10.0 Å². The SMILES string of the molecule is NN(C(=O)c1cc(/N=N/c2ccc(S(=O)(=O)Nc3ccccn3)cc2)ccc1O)N1C(=O)c2ccccc2C1=O. The number of pyridine rings is 1. The van der Waals surface area contributed by atoms with Gasteiger partial charge in [-0.3, -0.25) is 19.1 Å². The molecule has 3 aromatic carbocycles. The summed E-state index contributed by atoms with van der Waals surface area (Å²) in [5, 5.41) is 19.1. The molecule has 1 aliphatic heterocycles. The van der Waals surface area contributed by atoms with Gasteiger partial charge in [0.1, 0.15) is 11.6 Å². The number of hydrazine groups is 2. The van der Waals surface area contributed by atoms with Gasteiger partial charge in [-0.2, -0.15) is 20.4 Å². The van der Waals surface area contributed by atoms with Crippen LogP contribution in [0.15, 0.2) is 106 Å². The minimum atomic E-state index is -3.88. The van der Waals surface area contributed by atoms with E-state index in [-0.39, 0.29) is 33.1 Å². The van der Waals surface area contributed by atoms with Crippen LogP contribution in [0.25, 0.3) is 0 Å². The standard InChI is InChI=1S/C26H19N7O6S/c27-33(32-24(35)19-5-1-2-6-20(19)25(32)36)26(37)21-15-17(10-13-22(21)34)30-29-16-8-11-18(12-9-16)40(38,39)31-23-7-3-4-14-28-23/h1-15,34H,27H2,(H,28,31)/b30-29+. The summed E-state index contributed by atoms with van der Waals surface area (Å²) in [4.78, 5) is 42.3. The molecule has 13 nitrogen and oxygen atoms in total. The first-order chi connectivity index (χ1) is 19.2. The average Bonchev–Trinajstić information content (AvgIpc) is 3.22. The fraction of sp³-hybridized carbons (Fsp3) is 0. The van der Waals surface area contributed by atoms with Gasteiger partial charge >= 0.3 is 0 Å². The van der Waals surface area contributed by atoms with Gasteiger partial charge in [-0.15, -0.1) is 0 Å². The monoisotopic (exact) mass is 557 g/mol. The predicted octanol–water partition coefficient (Wildman–Crippen LogP) is 3.53. The second-order valence-corrected chi connectivity index (χ2v) is 10.0. The zero-order valence-corrected chi connectivity index (χ0v) is 21.2. The number of azo groups is 1. The Balaban J connectivity index is 1.32. The highest BCUT2D eigenvalue weighted by molar-refractivity contribution is 7.92. The minimum absolute atomic E-state index is 0.0224. The maximum Gasteiger partial charge on any atom is 0.291 e. The molecule has 0 fully saturated rings. The van der Waals surface area contributed by atoms with Crippen molar-refractivity contribution in [2.24, 2.45) is 16.1 Å². The number of aromatic hydroxyl groups is 1. The van der Waals surface area contributed by atoms with Crippen molar-refractivity contribution in [2.75, 3.05) is 4.72 Å². The van der Waals surface area contributed by atoms with Crippen molar-refractivity contribution in [3.8, 4) is 5.75 Å². The quantitative estimate of drug-likeness (QED) is 0.101. The second-order valence-electron chi connectivity index (χ2n) is 8.33. The Bertz CT molecular complexity index is 1740. The summed E-state index contributed by atoms with van der Waals surface area (Å²) < 4.78 is 27.5. The Morgan fingerprint density at radius 1 is 0.875 bits per heavy atom. The number of hydrogen-bond acceptors (Lipinski definition) is 10. The number of phenolic OH excluding ortho intramolecular Hbond substituents is 1. The number of anilines is 1. The van der Waals surface area contributed by atoms with Crippen LogP contribution in [0.2, 0.25) is 0 Å². The first-order valence-corrected chi connectivity index (χ1v) is 13.0. The highest BCUT2D eigenvalue weighted by Gasteiger charge is 2.41. The molecule has 0 unspecified atom stereocenters. The third-order valence-corrected chi connectivity index (χ3v) is 7.11. The molecule has 5 rings (SSSR count). The van der Waals surface area contributed by atoms with Gasteiger partial charge in [0.2, 0.25) is 0 Å². The Hall–Kier alpha value is -5.47. The molecule has 3 amide bonds. The Morgan fingerprint density at radius 2 is 1.48 bits per heavy atom. The number of imide groups is 1. The van der Waals surface area contributed by atoms with Crippen LogP contribution in [0.3, 0.4) is 0 Å². The van der Waals surface area contributed by atoms with E-state index in [9.17, 15) is 27.9 Å². The molecule has 1 aliphatic rings. The van der Waals surface area contributed by atoms with Crippen molar-refractivity contribution in [1.29, 1.82) is 0 Å². The first kappa shape index (κ1) is 26.1. The number of nitrogens with one attached hydrogen (secondary N) is 1. The van der Waals surface area contributed by atoms with Crippen LogP contribution in [0.1, 0.15) is 31.1 Å². The smallest absolute Gasteiger partial charge is 0.291 e. The number of rotatable bonds is 7. The fourth-order valence-electron chi connectivity index (χ4n) is 3.77. The van der Waals surface area contributed by atoms with E-state index in [1.165, 1.54) is 66.9 Å². The van der Waals surface area contributed by atoms with E-state index in [0.717, 1.165) is 0 Å². The summed E-state index contributed by atoms with van der Waals surface area (Å²) in [5.41, 5.74) is 0.273. The molecule has 0 aliphatic carbocycles. The van der Waals surface area contributed by atoms with E-state index < -0.39 is 33.5 Å². The molecular formula is C26H19N7O6S. The number of nitrogens with two attached hydrogens (primary N) is 1. The molecule has 4 aromatic rings. The van der Waals surface area contributed by atoms with Gasteiger partial charge in [0, 0.05) is 6.20 Å². The zero-order valence-electron chi connectivity index (χ0n) is 20.4. The van der Waals surface area contributed by atoms with Gasteiger partial charge in [-0.05, 0) is 66.7 Å². The van der Waals surface area contributed by atoms with Gasteiger partial charge in [-0.1, -0.05) is 18.2 Å². The molecule has 0 atom stereocenters. The molecule has 0 bridgehead atoms. The molecule has 200 valence electrons. The minimum Gasteiger partial charge on any atom is -0.507 e. The molecule has 40 heavy (non-hydrogen) atoms. The topological polar surface area (TPSA) is 188 Å². The molecule has 0 saturated carbocycles. The van der Waals surface area contributed by atoms with E-state index in [1.54, 1.807) is 24.3 Å². The van der Waals surface area contributed by atoms with Crippen LogP contribution < -0.4 is 10.6 Å². The normalized spacial score (nSPS) is 13.0. The number of nitrogens with zero attached hydrogens (tertiary/aromatic N) is 5. The fourth-order valence-corrected chi connectivity index (χ4v) is 4.78. The Morgan fingerprint density at radius 3 is 2.10 bits per heavy atom. The molecule has 0 spiro atoms. The van der Waals surface area contributed by atoms with Gasteiger partial charge < -0.3 is 5.11 Å². The van der Waals surface area contributed by atoms with Gasteiger partial charge in [0.15, 0.2) is 0 Å². The van der Waals surface area contributed by atoms with Crippen molar-refractivity contribution in [3.63, 3.8) is 0 Å². The molecule has 0 saturated heterocycles. The summed E-state index contributed by atoms with van der Waals surface area (Å²) in [6.07, 6.45) is 1.46. The Kier molecular flexibility index (Phi) is 6.77. The highest BCUT2D eigenvalue weighted by Crippen LogP contribution is 2.29. The molecular weight excluding hydrogens is 538 g/mol. The lowest BCUT2D eigenvalue weighted by Gasteiger charge is -2.25. The van der Waals surface area contributed by atoms with Gasteiger partial charge in [-0.25, -0.2) is 19.2 Å². The summed E-state index contributed by atoms with van der Waals surface area (Å²) in [6, 6.07) is 20.1. The lowest BCUT2D eigenvalue weighted by Crippen LogP contribution is -2.53. The van der Waals surface area contributed by atoms with Gasteiger partial charge in [0.25, 0.3) is 27.7 Å². The van der Waals surface area contributed by atoms with Crippen LogP contribution >= 0.6 is 0 Å². The van der Waals surface area contributed by atoms with Crippen molar-refractivity contribution in [2.45, 2.75) is 4.90 Å². The van der Waals surface area contributed by atoms with E-state index in [2.05, 4.69) is 19.9 Å². The van der Waals surface area contributed by atoms with Crippen molar-refractivity contribution < 1.29 is 27.9 Å². The number of carbonyl (C=O) groups is 3. The number of benzene rings is 3. The summed E-state index contributed by atoms with van der Waals surface area (Å²) >= 11 is 0. The third kappa shape index (κ3) is 4.99. The number of hydrogen-bond donors (Lipinski definition) is 3. The lowest BCUT2D eigenvalue weighted by molar-refractivity contribution is 0.00335. The highest BCUT2D eigenvalue weighted by atomic mass is 32.2. The molecule has 2 heterocycles. The Labute approximate surface area is 227 Å². The molecule has 4 N–H and O–H groups in total. The van der Waals surface area contributed by atoms with Crippen LogP contribution in [0.5, 0.6) is 5.75 Å². The van der Waals surface area contributed by atoms with Crippen LogP contribution in [0.4, 0.5) is 17.2 Å². The summed E-state index contributed by atoms with van der Waals surface area (Å²) in [6.45, 7) is 0.